The second kappa shape index (κ2) is 11.5. The Morgan fingerprint density at radius 2 is 1.85 bits per heavy atom. The lowest BCUT2D eigenvalue weighted by Crippen LogP contribution is -2.35. The van der Waals surface area contributed by atoms with Crippen LogP contribution in [0.5, 0.6) is 5.75 Å². The summed E-state index contributed by atoms with van der Waals surface area (Å²) in [5.41, 5.74) is 5.60. The highest BCUT2D eigenvalue weighted by Gasteiger charge is 2.15. The van der Waals surface area contributed by atoms with E-state index in [0.717, 1.165) is 29.7 Å². The molecule has 0 radical (unpaired) electrons. The van der Waals surface area contributed by atoms with E-state index in [2.05, 4.69) is 40.7 Å². The molecule has 0 aliphatic rings. The van der Waals surface area contributed by atoms with Crippen molar-refractivity contribution in [3.8, 4) is 5.75 Å². The smallest absolute Gasteiger partial charge is 0.259 e. The minimum Gasteiger partial charge on any atom is -0.492 e. The molecule has 174 valence electrons. The van der Waals surface area contributed by atoms with Gasteiger partial charge in [-0.05, 0) is 52.0 Å². The highest BCUT2D eigenvalue weighted by atomic mass is 32.1. The average molecular weight is 467 g/mol. The number of thiophene rings is 1. The Labute approximate surface area is 198 Å². The number of ether oxygens (including phenoxy) is 1. The second-order valence-electron chi connectivity index (χ2n) is 7.35. The molecule has 0 saturated carbocycles. The number of fused-ring (bicyclic) bond motifs is 1. The van der Waals surface area contributed by atoms with E-state index in [4.69, 9.17) is 4.74 Å². The van der Waals surface area contributed by atoms with Crippen LogP contribution in [0.1, 0.15) is 43.6 Å². The lowest BCUT2D eigenvalue weighted by atomic mass is 10.1. The zero-order valence-corrected chi connectivity index (χ0v) is 20.3. The number of amides is 2. The van der Waals surface area contributed by atoms with Crippen molar-refractivity contribution in [2.75, 3.05) is 31.1 Å². The molecule has 2 aromatic carbocycles. The molecular weight excluding hydrogens is 436 g/mol. The summed E-state index contributed by atoms with van der Waals surface area (Å²) in [6, 6.07) is 13.4. The molecule has 0 spiro atoms. The normalized spacial score (nSPS) is 11.3. The molecule has 3 rings (SSSR count). The second-order valence-corrected chi connectivity index (χ2v) is 8.26. The standard InChI is InChI=1S/C25H30N4O3S/c1-5-29(6-2)21-13-12-18(14-22(21)32-7-3)25(31)26-15-24(30)28-27-17(4)20-16-33-23-11-9-8-10-19(20)23/h8-14,16H,5-7,15H2,1-4H3,(H,26,31)(H,28,30)/b27-17+. The van der Waals surface area contributed by atoms with Gasteiger partial charge in [0.2, 0.25) is 0 Å². The predicted molar refractivity (Wildman–Crippen MR) is 136 cm³/mol. The number of rotatable bonds is 10. The van der Waals surface area contributed by atoms with E-state index in [9.17, 15) is 9.59 Å². The summed E-state index contributed by atoms with van der Waals surface area (Å²) < 4.78 is 6.92. The minimum atomic E-state index is -0.396. The van der Waals surface area contributed by atoms with Gasteiger partial charge in [0.05, 0.1) is 24.6 Å². The lowest BCUT2D eigenvalue weighted by molar-refractivity contribution is -0.120. The number of hydrogen-bond donors (Lipinski definition) is 2. The molecule has 0 bridgehead atoms. The molecule has 2 amide bonds. The number of carbonyl (C=O) groups is 2. The topological polar surface area (TPSA) is 83.0 Å². The van der Waals surface area contributed by atoms with E-state index in [1.54, 1.807) is 23.5 Å². The maximum Gasteiger partial charge on any atom is 0.259 e. The molecule has 0 fully saturated rings. The van der Waals surface area contributed by atoms with Gasteiger partial charge in [0.25, 0.3) is 11.8 Å². The molecule has 0 saturated heterocycles. The van der Waals surface area contributed by atoms with Crippen LogP contribution in [-0.4, -0.2) is 43.8 Å². The minimum absolute atomic E-state index is 0.179. The van der Waals surface area contributed by atoms with Crippen molar-refractivity contribution in [1.82, 2.24) is 10.7 Å². The van der Waals surface area contributed by atoms with Gasteiger partial charge in [-0.25, -0.2) is 5.43 Å². The van der Waals surface area contributed by atoms with Crippen LogP contribution < -0.4 is 20.4 Å². The molecule has 3 aromatic rings. The largest absolute Gasteiger partial charge is 0.492 e. The molecule has 1 heterocycles. The number of carbonyl (C=O) groups excluding carboxylic acids is 2. The van der Waals surface area contributed by atoms with Gasteiger partial charge in [-0.1, -0.05) is 18.2 Å². The van der Waals surface area contributed by atoms with Crippen molar-refractivity contribution < 1.29 is 14.3 Å². The van der Waals surface area contributed by atoms with E-state index in [-0.39, 0.29) is 12.5 Å². The fourth-order valence-electron chi connectivity index (χ4n) is 3.52. The summed E-state index contributed by atoms with van der Waals surface area (Å²) in [5.74, 6) is -0.0877. The van der Waals surface area contributed by atoms with Crippen LogP contribution in [0.2, 0.25) is 0 Å². The molecule has 1 aromatic heterocycles. The van der Waals surface area contributed by atoms with Crippen LogP contribution >= 0.6 is 11.3 Å². The summed E-state index contributed by atoms with van der Waals surface area (Å²) in [6.45, 7) is 9.89. The van der Waals surface area contributed by atoms with Gasteiger partial charge in [0, 0.05) is 39.7 Å². The first-order valence-corrected chi connectivity index (χ1v) is 12.0. The zero-order valence-electron chi connectivity index (χ0n) is 19.5. The van der Waals surface area contributed by atoms with Gasteiger partial charge in [0.1, 0.15) is 5.75 Å². The van der Waals surface area contributed by atoms with Crippen molar-refractivity contribution in [2.45, 2.75) is 27.7 Å². The highest BCUT2D eigenvalue weighted by Crippen LogP contribution is 2.30. The average Bonchev–Trinajstić information content (AvgIpc) is 3.27. The molecule has 0 unspecified atom stereocenters. The van der Waals surface area contributed by atoms with E-state index in [0.29, 0.717) is 23.6 Å². The molecule has 7 nitrogen and oxygen atoms in total. The van der Waals surface area contributed by atoms with Crippen molar-refractivity contribution in [3.63, 3.8) is 0 Å². The molecule has 0 atom stereocenters. The van der Waals surface area contributed by atoms with E-state index in [1.807, 2.05) is 43.5 Å². The van der Waals surface area contributed by atoms with Gasteiger partial charge >= 0.3 is 0 Å². The summed E-state index contributed by atoms with van der Waals surface area (Å²) in [6.07, 6.45) is 0. The first-order chi connectivity index (χ1) is 16.0. The van der Waals surface area contributed by atoms with Crippen LogP contribution in [0.25, 0.3) is 10.1 Å². The summed E-state index contributed by atoms with van der Waals surface area (Å²) in [4.78, 5) is 27.0. The third-order valence-electron chi connectivity index (χ3n) is 5.25. The fraction of sp³-hybridized carbons (Fsp3) is 0.320. The Bertz CT molecular complexity index is 1150. The Kier molecular flexibility index (Phi) is 8.43. The maximum absolute atomic E-state index is 12.6. The van der Waals surface area contributed by atoms with Gasteiger partial charge in [0.15, 0.2) is 0 Å². The van der Waals surface area contributed by atoms with E-state index < -0.39 is 5.91 Å². The SMILES string of the molecule is CCOc1cc(C(=O)NCC(=O)N/N=C(\C)c2csc3ccccc23)ccc1N(CC)CC. The number of hydrazone groups is 1. The molecule has 8 heteroatoms. The molecule has 0 aliphatic heterocycles. The Morgan fingerprint density at radius 3 is 2.58 bits per heavy atom. The predicted octanol–water partition coefficient (Wildman–Crippen LogP) is 4.42. The van der Waals surface area contributed by atoms with Crippen LogP contribution in [-0.2, 0) is 4.79 Å². The van der Waals surface area contributed by atoms with Crippen LogP contribution in [0, 0.1) is 0 Å². The first kappa shape index (κ1) is 24.3. The van der Waals surface area contributed by atoms with Gasteiger partial charge in [-0.3, -0.25) is 9.59 Å². The summed E-state index contributed by atoms with van der Waals surface area (Å²) >= 11 is 1.63. The van der Waals surface area contributed by atoms with Crippen molar-refractivity contribution in [3.05, 3.63) is 59.0 Å². The molecule has 0 aliphatic carbocycles. The summed E-state index contributed by atoms with van der Waals surface area (Å²) in [7, 11) is 0. The van der Waals surface area contributed by atoms with Crippen molar-refractivity contribution in [1.29, 1.82) is 0 Å². The van der Waals surface area contributed by atoms with Crippen LogP contribution in [0.15, 0.2) is 52.9 Å². The van der Waals surface area contributed by atoms with Gasteiger partial charge in [-0.2, -0.15) is 5.10 Å². The third kappa shape index (κ3) is 5.90. The van der Waals surface area contributed by atoms with Crippen LogP contribution in [0.4, 0.5) is 5.69 Å². The maximum atomic E-state index is 12.6. The first-order valence-electron chi connectivity index (χ1n) is 11.1. The third-order valence-corrected chi connectivity index (χ3v) is 6.22. The van der Waals surface area contributed by atoms with Gasteiger partial charge < -0.3 is 15.0 Å². The Morgan fingerprint density at radius 1 is 1.09 bits per heavy atom. The Hall–Kier alpha value is -3.39. The van der Waals surface area contributed by atoms with Gasteiger partial charge in [-0.15, -0.1) is 11.3 Å². The molecule has 33 heavy (non-hydrogen) atoms. The molecule has 2 N–H and O–H groups in total. The number of nitrogens with one attached hydrogen (secondary N) is 2. The van der Waals surface area contributed by atoms with Crippen molar-refractivity contribution in [2.24, 2.45) is 5.10 Å². The summed E-state index contributed by atoms with van der Waals surface area (Å²) in [5, 5.41) is 9.97. The number of hydrogen-bond acceptors (Lipinski definition) is 6. The monoisotopic (exact) mass is 466 g/mol. The highest BCUT2D eigenvalue weighted by molar-refractivity contribution is 7.17. The number of anilines is 1. The van der Waals surface area contributed by atoms with E-state index in [1.165, 1.54) is 4.70 Å². The molecular formula is C25H30N4O3S. The van der Waals surface area contributed by atoms with Crippen LogP contribution in [0.3, 0.4) is 0 Å². The van der Waals surface area contributed by atoms with Crippen molar-refractivity contribution >= 4 is 44.6 Å². The fourth-order valence-corrected chi connectivity index (χ4v) is 4.52. The number of benzene rings is 2. The quantitative estimate of drug-likeness (QED) is 0.342. The zero-order chi connectivity index (χ0) is 23.8. The number of nitrogens with zero attached hydrogens (tertiary/aromatic N) is 2. The lowest BCUT2D eigenvalue weighted by Gasteiger charge is -2.24. The Balaban J connectivity index is 1.61. The van der Waals surface area contributed by atoms with E-state index >= 15 is 0 Å².